The van der Waals surface area contributed by atoms with Crippen LogP contribution in [0.2, 0.25) is 0 Å². The number of rotatable bonds is 4. The van der Waals surface area contributed by atoms with Crippen molar-refractivity contribution < 1.29 is 0 Å². The van der Waals surface area contributed by atoms with Crippen LogP contribution in [0.3, 0.4) is 0 Å². The molecule has 1 aliphatic rings. The molecule has 0 atom stereocenters. The molecule has 0 aromatic rings. The Bertz CT molecular complexity index is 226. The molecular formula is C13H20. The highest BCUT2D eigenvalue weighted by Gasteiger charge is 2.16. The zero-order valence-electron chi connectivity index (χ0n) is 8.84. The molecule has 0 bridgehead atoms. The Hall–Kier alpha value is -0.780. The second-order valence-corrected chi connectivity index (χ2v) is 4.13. The van der Waals surface area contributed by atoms with Gasteiger partial charge in [0.25, 0.3) is 0 Å². The molecule has 0 aliphatic heterocycles. The highest BCUT2D eigenvalue weighted by Crippen LogP contribution is 2.31. The summed E-state index contributed by atoms with van der Waals surface area (Å²) in [6.07, 6.45) is 11.9. The van der Waals surface area contributed by atoms with E-state index >= 15 is 0 Å². The molecule has 1 fully saturated rings. The normalized spacial score (nSPS) is 19.8. The van der Waals surface area contributed by atoms with Crippen LogP contribution in [0.25, 0.3) is 0 Å². The lowest BCUT2D eigenvalue weighted by atomic mass is 9.81. The van der Waals surface area contributed by atoms with Gasteiger partial charge in [0.1, 0.15) is 0 Å². The standard InChI is InChI=1S/C13H20/c1-4-11(2)8-9-12(3)10-13-6-5-7-13/h4,8-9,13H,1,5-7,10H2,2-3H3/b11-8-,12-9+. The second-order valence-electron chi connectivity index (χ2n) is 4.13. The topological polar surface area (TPSA) is 0 Å². The molecule has 0 heterocycles. The predicted octanol–water partition coefficient (Wildman–Crippen LogP) is 4.26. The smallest absolute Gasteiger partial charge is 0.0291 e. The third kappa shape index (κ3) is 3.63. The Balaban J connectivity index is 2.36. The summed E-state index contributed by atoms with van der Waals surface area (Å²) in [4.78, 5) is 0. The van der Waals surface area contributed by atoms with Crippen molar-refractivity contribution in [2.45, 2.75) is 39.5 Å². The summed E-state index contributed by atoms with van der Waals surface area (Å²) in [5, 5.41) is 0. The second kappa shape index (κ2) is 5.06. The number of hydrogen-bond donors (Lipinski definition) is 0. The first kappa shape index (κ1) is 10.3. The molecule has 72 valence electrons. The average Bonchev–Trinajstić information content (AvgIpc) is 2.07. The summed E-state index contributed by atoms with van der Waals surface area (Å²) in [5.41, 5.74) is 2.75. The lowest BCUT2D eigenvalue weighted by Crippen LogP contribution is -2.10. The van der Waals surface area contributed by atoms with Gasteiger partial charge in [0, 0.05) is 0 Å². The van der Waals surface area contributed by atoms with Gasteiger partial charge in [-0.1, -0.05) is 55.2 Å². The monoisotopic (exact) mass is 176 g/mol. The first-order valence-electron chi connectivity index (χ1n) is 5.19. The van der Waals surface area contributed by atoms with Gasteiger partial charge in [-0.15, -0.1) is 0 Å². The Labute approximate surface area is 82.0 Å². The molecule has 1 aliphatic carbocycles. The SMILES string of the molecule is C=C/C(C)=C\C=C(/C)CC1CCC1. The molecule has 0 nitrogen and oxygen atoms in total. The van der Waals surface area contributed by atoms with Crippen molar-refractivity contribution in [3.63, 3.8) is 0 Å². The highest BCUT2D eigenvalue weighted by atomic mass is 14.2. The third-order valence-corrected chi connectivity index (χ3v) is 2.79. The van der Waals surface area contributed by atoms with Crippen LogP contribution in [-0.4, -0.2) is 0 Å². The molecule has 0 spiro atoms. The van der Waals surface area contributed by atoms with E-state index in [1.165, 1.54) is 36.8 Å². The van der Waals surface area contributed by atoms with Gasteiger partial charge < -0.3 is 0 Å². The fourth-order valence-electron chi connectivity index (χ4n) is 1.56. The van der Waals surface area contributed by atoms with Crippen molar-refractivity contribution in [3.8, 4) is 0 Å². The average molecular weight is 176 g/mol. The van der Waals surface area contributed by atoms with Gasteiger partial charge in [-0.05, 0) is 26.2 Å². The zero-order valence-corrected chi connectivity index (χ0v) is 8.84. The van der Waals surface area contributed by atoms with Crippen LogP contribution in [0.5, 0.6) is 0 Å². The van der Waals surface area contributed by atoms with Crippen LogP contribution < -0.4 is 0 Å². The van der Waals surface area contributed by atoms with Gasteiger partial charge in [0.2, 0.25) is 0 Å². The molecule has 13 heavy (non-hydrogen) atoms. The Morgan fingerprint density at radius 3 is 2.46 bits per heavy atom. The summed E-state index contributed by atoms with van der Waals surface area (Å²) in [5.74, 6) is 0.980. The molecule has 0 amide bonds. The third-order valence-electron chi connectivity index (χ3n) is 2.79. The molecule has 0 saturated heterocycles. The van der Waals surface area contributed by atoms with E-state index in [4.69, 9.17) is 0 Å². The summed E-state index contributed by atoms with van der Waals surface area (Å²) in [6.45, 7) is 8.04. The maximum absolute atomic E-state index is 3.73. The van der Waals surface area contributed by atoms with Gasteiger partial charge in [0.05, 0.1) is 0 Å². The summed E-state index contributed by atoms with van der Waals surface area (Å²) in [7, 11) is 0. The van der Waals surface area contributed by atoms with Crippen molar-refractivity contribution in [1.29, 1.82) is 0 Å². The van der Waals surface area contributed by atoms with E-state index in [1.807, 2.05) is 6.08 Å². The summed E-state index contributed by atoms with van der Waals surface area (Å²) in [6, 6.07) is 0. The molecule has 0 unspecified atom stereocenters. The first-order valence-corrected chi connectivity index (χ1v) is 5.19. The number of hydrogen-bond acceptors (Lipinski definition) is 0. The van der Waals surface area contributed by atoms with Gasteiger partial charge in [-0.25, -0.2) is 0 Å². The van der Waals surface area contributed by atoms with E-state index in [9.17, 15) is 0 Å². The quantitative estimate of drug-likeness (QED) is 0.561. The Kier molecular flexibility index (Phi) is 4.01. The van der Waals surface area contributed by atoms with Crippen LogP contribution in [0, 0.1) is 5.92 Å². The van der Waals surface area contributed by atoms with Crippen LogP contribution in [-0.2, 0) is 0 Å². The van der Waals surface area contributed by atoms with Gasteiger partial charge >= 0.3 is 0 Å². The Morgan fingerprint density at radius 2 is 2.00 bits per heavy atom. The summed E-state index contributed by atoms with van der Waals surface area (Å²) < 4.78 is 0. The van der Waals surface area contributed by atoms with Gasteiger partial charge in [-0.3, -0.25) is 0 Å². The largest absolute Gasteiger partial charge is 0.0988 e. The molecule has 0 aromatic carbocycles. The highest BCUT2D eigenvalue weighted by molar-refractivity contribution is 5.22. The maximum atomic E-state index is 3.73. The minimum atomic E-state index is 0.980. The van der Waals surface area contributed by atoms with Crippen LogP contribution in [0.15, 0.2) is 36.0 Å². The van der Waals surface area contributed by atoms with E-state index < -0.39 is 0 Å². The molecule has 1 rings (SSSR count). The molecular weight excluding hydrogens is 156 g/mol. The van der Waals surface area contributed by atoms with E-state index in [2.05, 4.69) is 32.6 Å². The van der Waals surface area contributed by atoms with Crippen LogP contribution in [0.1, 0.15) is 39.5 Å². The van der Waals surface area contributed by atoms with E-state index in [-0.39, 0.29) is 0 Å². The van der Waals surface area contributed by atoms with Crippen LogP contribution in [0.4, 0.5) is 0 Å². The maximum Gasteiger partial charge on any atom is -0.0291 e. The number of allylic oxidation sites excluding steroid dienone is 5. The van der Waals surface area contributed by atoms with Gasteiger partial charge in [0.15, 0.2) is 0 Å². The fraction of sp³-hybridized carbons (Fsp3) is 0.538. The Morgan fingerprint density at radius 1 is 1.31 bits per heavy atom. The molecule has 0 radical (unpaired) electrons. The molecule has 0 aromatic heterocycles. The van der Waals surface area contributed by atoms with Gasteiger partial charge in [-0.2, -0.15) is 0 Å². The molecule has 1 saturated carbocycles. The predicted molar refractivity (Wildman–Crippen MR) is 59.7 cm³/mol. The van der Waals surface area contributed by atoms with E-state index in [0.717, 1.165) is 5.92 Å². The van der Waals surface area contributed by atoms with E-state index in [1.54, 1.807) is 0 Å². The molecule has 0 N–H and O–H groups in total. The zero-order chi connectivity index (χ0) is 9.68. The fourth-order valence-corrected chi connectivity index (χ4v) is 1.56. The van der Waals surface area contributed by atoms with E-state index in [0.29, 0.717) is 0 Å². The lowest BCUT2D eigenvalue weighted by Gasteiger charge is -2.25. The summed E-state index contributed by atoms with van der Waals surface area (Å²) >= 11 is 0. The lowest BCUT2D eigenvalue weighted by molar-refractivity contribution is 0.314. The van der Waals surface area contributed by atoms with Crippen molar-refractivity contribution >= 4 is 0 Å². The first-order chi connectivity index (χ1) is 6.22. The van der Waals surface area contributed by atoms with Crippen molar-refractivity contribution in [2.24, 2.45) is 5.92 Å². The molecule has 0 heteroatoms. The van der Waals surface area contributed by atoms with Crippen molar-refractivity contribution in [3.05, 3.63) is 36.0 Å². The minimum Gasteiger partial charge on any atom is -0.0988 e. The van der Waals surface area contributed by atoms with Crippen LogP contribution >= 0.6 is 0 Å². The van der Waals surface area contributed by atoms with Crippen molar-refractivity contribution in [1.82, 2.24) is 0 Å². The minimum absolute atomic E-state index is 0.980. The van der Waals surface area contributed by atoms with Crippen molar-refractivity contribution in [2.75, 3.05) is 0 Å².